The van der Waals surface area contributed by atoms with Crippen molar-refractivity contribution in [2.75, 3.05) is 0 Å². The molecule has 0 saturated heterocycles. The number of hydrogen-bond donors (Lipinski definition) is 1. The third-order valence-electron chi connectivity index (χ3n) is 2.76. The predicted molar refractivity (Wildman–Crippen MR) is 77.4 cm³/mol. The largest absolute Gasteiger partial charge is 0.417 e. The van der Waals surface area contributed by atoms with Crippen LogP contribution in [0, 0.1) is 0 Å². The third-order valence-corrected chi connectivity index (χ3v) is 4.21. The summed E-state index contributed by atoms with van der Waals surface area (Å²) in [6, 6.07) is 7.56. The highest BCUT2D eigenvalue weighted by molar-refractivity contribution is 7.99. The van der Waals surface area contributed by atoms with Gasteiger partial charge in [0, 0.05) is 17.1 Å². The van der Waals surface area contributed by atoms with Crippen molar-refractivity contribution < 1.29 is 13.2 Å². The molecule has 0 aliphatic carbocycles. The van der Waals surface area contributed by atoms with Gasteiger partial charge in [-0.2, -0.15) is 13.2 Å². The Morgan fingerprint density at radius 3 is 2.43 bits per heavy atom. The van der Waals surface area contributed by atoms with E-state index in [1.165, 1.54) is 17.8 Å². The minimum absolute atomic E-state index is 0.134. The molecule has 0 bridgehead atoms. The SMILES string of the molecule is CC(N)c1ccc(Sc2ccc(C(F)(F)F)cn2)c(Cl)c1. The van der Waals surface area contributed by atoms with Crippen molar-refractivity contribution >= 4 is 23.4 Å². The van der Waals surface area contributed by atoms with Gasteiger partial charge in [-0.25, -0.2) is 4.98 Å². The van der Waals surface area contributed by atoms with Crippen LogP contribution in [0.2, 0.25) is 5.02 Å². The maximum absolute atomic E-state index is 12.5. The molecule has 0 radical (unpaired) electrons. The topological polar surface area (TPSA) is 38.9 Å². The molecular weight excluding hydrogens is 321 g/mol. The maximum Gasteiger partial charge on any atom is 0.417 e. The minimum Gasteiger partial charge on any atom is -0.324 e. The van der Waals surface area contributed by atoms with Crippen LogP contribution >= 0.6 is 23.4 Å². The zero-order valence-electron chi connectivity index (χ0n) is 11.0. The van der Waals surface area contributed by atoms with E-state index in [9.17, 15) is 13.2 Å². The standard InChI is InChI=1S/C14H12ClF3N2S/c1-8(19)9-2-4-12(11(15)6-9)21-13-5-3-10(7-20-13)14(16,17)18/h2-8H,19H2,1H3. The van der Waals surface area contributed by atoms with Crippen molar-refractivity contribution in [3.05, 3.63) is 52.7 Å². The van der Waals surface area contributed by atoms with Gasteiger partial charge in [0.1, 0.15) is 5.03 Å². The number of benzene rings is 1. The summed E-state index contributed by atoms with van der Waals surface area (Å²) in [5.41, 5.74) is 5.88. The molecule has 1 atom stereocenters. The Morgan fingerprint density at radius 2 is 1.95 bits per heavy atom. The summed E-state index contributed by atoms with van der Waals surface area (Å²) in [6.07, 6.45) is -3.57. The predicted octanol–water partition coefficient (Wildman–Crippen LogP) is 4.92. The molecule has 2 rings (SSSR count). The lowest BCUT2D eigenvalue weighted by Crippen LogP contribution is -2.05. The summed E-state index contributed by atoms with van der Waals surface area (Å²) >= 11 is 7.35. The molecule has 0 aliphatic heterocycles. The van der Waals surface area contributed by atoms with Crippen LogP contribution in [0.5, 0.6) is 0 Å². The monoisotopic (exact) mass is 332 g/mol. The molecule has 1 unspecified atom stereocenters. The van der Waals surface area contributed by atoms with Crippen LogP contribution in [0.3, 0.4) is 0 Å². The highest BCUT2D eigenvalue weighted by Crippen LogP contribution is 2.35. The van der Waals surface area contributed by atoms with E-state index in [0.29, 0.717) is 14.9 Å². The first kappa shape index (κ1) is 16.1. The third kappa shape index (κ3) is 4.12. The molecule has 2 N–H and O–H groups in total. The Balaban J connectivity index is 2.19. The van der Waals surface area contributed by atoms with Gasteiger partial charge in [0.2, 0.25) is 0 Å². The molecule has 0 amide bonds. The molecule has 0 spiro atoms. The van der Waals surface area contributed by atoms with Gasteiger partial charge in [-0.3, -0.25) is 0 Å². The summed E-state index contributed by atoms with van der Waals surface area (Å²) in [7, 11) is 0. The summed E-state index contributed by atoms with van der Waals surface area (Å²) < 4.78 is 37.4. The van der Waals surface area contributed by atoms with E-state index in [0.717, 1.165) is 17.8 Å². The van der Waals surface area contributed by atoms with E-state index in [1.54, 1.807) is 12.1 Å². The van der Waals surface area contributed by atoms with Gasteiger partial charge in [0.25, 0.3) is 0 Å². The van der Waals surface area contributed by atoms with Crippen molar-refractivity contribution in [2.24, 2.45) is 5.73 Å². The van der Waals surface area contributed by atoms with Gasteiger partial charge in [-0.05, 0) is 36.8 Å². The Kier molecular flexibility index (Phi) is 4.81. The van der Waals surface area contributed by atoms with Crippen LogP contribution in [0.4, 0.5) is 13.2 Å². The van der Waals surface area contributed by atoms with Gasteiger partial charge in [0.05, 0.1) is 10.6 Å². The van der Waals surface area contributed by atoms with E-state index in [2.05, 4.69) is 4.98 Å². The number of alkyl halides is 3. The zero-order valence-corrected chi connectivity index (χ0v) is 12.6. The van der Waals surface area contributed by atoms with Crippen molar-refractivity contribution in [2.45, 2.75) is 29.1 Å². The number of hydrogen-bond acceptors (Lipinski definition) is 3. The molecule has 7 heteroatoms. The van der Waals surface area contributed by atoms with Crippen molar-refractivity contribution in [3.8, 4) is 0 Å². The van der Waals surface area contributed by atoms with Crippen LogP contribution in [0.1, 0.15) is 24.1 Å². The number of nitrogens with zero attached hydrogens (tertiary/aromatic N) is 1. The Bertz CT molecular complexity index is 627. The van der Waals surface area contributed by atoms with E-state index >= 15 is 0 Å². The molecule has 21 heavy (non-hydrogen) atoms. The number of aromatic nitrogens is 1. The lowest BCUT2D eigenvalue weighted by molar-refractivity contribution is -0.137. The van der Waals surface area contributed by atoms with E-state index in [1.807, 2.05) is 13.0 Å². The van der Waals surface area contributed by atoms with Crippen LogP contribution in [0.15, 0.2) is 46.5 Å². The number of halogens is 4. The highest BCUT2D eigenvalue weighted by atomic mass is 35.5. The maximum atomic E-state index is 12.5. The molecule has 0 saturated carbocycles. The molecule has 112 valence electrons. The second-order valence-electron chi connectivity index (χ2n) is 4.46. The van der Waals surface area contributed by atoms with E-state index in [-0.39, 0.29) is 6.04 Å². The molecule has 1 heterocycles. The van der Waals surface area contributed by atoms with Gasteiger partial charge in [-0.15, -0.1) is 0 Å². The molecule has 1 aromatic carbocycles. The molecule has 0 aliphatic rings. The summed E-state index contributed by atoms with van der Waals surface area (Å²) in [5, 5.41) is 0.940. The van der Waals surface area contributed by atoms with Crippen LogP contribution < -0.4 is 5.73 Å². The lowest BCUT2D eigenvalue weighted by Gasteiger charge is -2.10. The first-order chi connectivity index (χ1) is 9.77. The summed E-state index contributed by atoms with van der Waals surface area (Å²) in [5.74, 6) is 0. The highest BCUT2D eigenvalue weighted by Gasteiger charge is 2.30. The Morgan fingerprint density at radius 1 is 1.24 bits per heavy atom. The van der Waals surface area contributed by atoms with Gasteiger partial charge < -0.3 is 5.73 Å². The quantitative estimate of drug-likeness (QED) is 0.866. The van der Waals surface area contributed by atoms with Gasteiger partial charge >= 0.3 is 6.18 Å². The van der Waals surface area contributed by atoms with Crippen LogP contribution in [-0.2, 0) is 6.18 Å². The lowest BCUT2D eigenvalue weighted by atomic mass is 10.1. The first-order valence-electron chi connectivity index (χ1n) is 6.03. The summed E-state index contributed by atoms with van der Waals surface area (Å²) in [6.45, 7) is 1.84. The van der Waals surface area contributed by atoms with Crippen molar-refractivity contribution in [3.63, 3.8) is 0 Å². The molecule has 2 nitrogen and oxygen atoms in total. The molecule has 1 aromatic heterocycles. The summed E-state index contributed by atoms with van der Waals surface area (Å²) in [4.78, 5) is 4.51. The Hall–Kier alpha value is -1.24. The average molecular weight is 333 g/mol. The van der Waals surface area contributed by atoms with Crippen molar-refractivity contribution in [1.82, 2.24) is 4.98 Å². The second-order valence-corrected chi connectivity index (χ2v) is 5.93. The normalized spacial score (nSPS) is 13.2. The van der Waals surface area contributed by atoms with E-state index in [4.69, 9.17) is 17.3 Å². The Labute approximate surface area is 129 Å². The number of pyridine rings is 1. The van der Waals surface area contributed by atoms with Gasteiger partial charge in [0.15, 0.2) is 0 Å². The molecule has 0 fully saturated rings. The van der Waals surface area contributed by atoms with Gasteiger partial charge in [-0.1, -0.05) is 29.4 Å². The average Bonchev–Trinajstić information content (AvgIpc) is 2.40. The minimum atomic E-state index is -4.38. The van der Waals surface area contributed by atoms with Crippen LogP contribution in [0.25, 0.3) is 0 Å². The smallest absolute Gasteiger partial charge is 0.324 e. The second kappa shape index (κ2) is 6.25. The molecular formula is C14H12ClF3N2S. The molecule has 2 aromatic rings. The van der Waals surface area contributed by atoms with Crippen molar-refractivity contribution in [1.29, 1.82) is 0 Å². The number of nitrogens with two attached hydrogens (primary N) is 1. The van der Waals surface area contributed by atoms with E-state index < -0.39 is 11.7 Å². The zero-order chi connectivity index (χ0) is 15.6. The fraction of sp³-hybridized carbons (Fsp3) is 0.214. The fourth-order valence-electron chi connectivity index (χ4n) is 1.60. The van der Waals surface area contributed by atoms with Crippen LogP contribution in [-0.4, -0.2) is 4.98 Å². The number of rotatable bonds is 3. The fourth-order valence-corrected chi connectivity index (χ4v) is 2.67. The first-order valence-corrected chi connectivity index (χ1v) is 7.23.